The van der Waals surface area contributed by atoms with Crippen molar-refractivity contribution in [1.29, 1.82) is 0 Å². The predicted octanol–water partition coefficient (Wildman–Crippen LogP) is 6.60. The molecule has 0 spiro atoms. The maximum Gasteiger partial charge on any atom is 0.305 e. The van der Waals surface area contributed by atoms with Crippen molar-refractivity contribution in [2.75, 3.05) is 13.2 Å². The fourth-order valence-electron chi connectivity index (χ4n) is 3.03. The first-order chi connectivity index (χ1) is 13.1. The highest BCUT2D eigenvalue weighted by Gasteiger charge is 2.10. The molecule has 0 bridgehead atoms. The molecule has 0 aliphatic rings. The van der Waals surface area contributed by atoms with Crippen LogP contribution in [-0.4, -0.2) is 25.2 Å². The van der Waals surface area contributed by atoms with Crippen LogP contribution in [0.2, 0.25) is 0 Å². The van der Waals surface area contributed by atoms with Crippen LogP contribution in [-0.2, 0) is 19.1 Å². The molecule has 0 fully saturated rings. The van der Waals surface area contributed by atoms with Crippen molar-refractivity contribution in [3.63, 3.8) is 0 Å². The fourth-order valence-corrected chi connectivity index (χ4v) is 3.03. The van der Waals surface area contributed by atoms with Crippen LogP contribution in [0.25, 0.3) is 0 Å². The Morgan fingerprint density at radius 1 is 0.630 bits per heavy atom. The molecular weight excluding hydrogens is 340 g/mol. The molecule has 0 saturated carbocycles. The Labute approximate surface area is 167 Å². The van der Waals surface area contributed by atoms with Gasteiger partial charge in [-0.25, -0.2) is 0 Å². The van der Waals surface area contributed by atoms with Gasteiger partial charge in [0, 0.05) is 12.8 Å². The highest BCUT2D eigenvalue weighted by molar-refractivity contribution is 5.72. The van der Waals surface area contributed by atoms with Gasteiger partial charge in [-0.05, 0) is 18.8 Å². The third-order valence-electron chi connectivity index (χ3n) is 5.16. The number of carbonyl (C=O) groups is 2. The average Bonchev–Trinajstić information content (AvgIpc) is 2.67. The van der Waals surface area contributed by atoms with Crippen LogP contribution in [0.1, 0.15) is 117 Å². The second kappa shape index (κ2) is 19.7. The van der Waals surface area contributed by atoms with E-state index in [1.54, 1.807) is 0 Å². The maximum absolute atomic E-state index is 11.7. The first-order valence-electron chi connectivity index (χ1n) is 11.4. The Balaban J connectivity index is 3.38. The zero-order valence-corrected chi connectivity index (χ0v) is 18.2. The standard InChI is InChI=1S/C23H44O4/c1-4-7-8-9-10-11-12-13-14-15-19-26-22(24)17-16-18-23(25)27-20-21(5-2)6-3/h21H,4-20H2,1-3H3. The van der Waals surface area contributed by atoms with Gasteiger partial charge in [-0.15, -0.1) is 0 Å². The highest BCUT2D eigenvalue weighted by atomic mass is 16.5. The van der Waals surface area contributed by atoms with Gasteiger partial charge in [0.2, 0.25) is 0 Å². The molecule has 4 nitrogen and oxygen atoms in total. The number of esters is 2. The lowest BCUT2D eigenvalue weighted by atomic mass is 10.1. The fraction of sp³-hybridized carbons (Fsp3) is 0.913. The van der Waals surface area contributed by atoms with E-state index < -0.39 is 0 Å². The molecule has 0 rings (SSSR count). The van der Waals surface area contributed by atoms with E-state index in [0.29, 0.717) is 38.4 Å². The molecule has 0 N–H and O–H groups in total. The maximum atomic E-state index is 11.7. The molecule has 160 valence electrons. The molecule has 0 saturated heterocycles. The van der Waals surface area contributed by atoms with Crippen LogP contribution in [0.15, 0.2) is 0 Å². The van der Waals surface area contributed by atoms with E-state index in [4.69, 9.17) is 9.47 Å². The van der Waals surface area contributed by atoms with Crippen LogP contribution in [0.3, 0.4) is 0 Å². The Hall–Kier alpha value is -1.06. The second-order valence-electron chi connectivity index (χ2n) is 7.62. The van der Waals surface area contributed by atoms with Crippen molar-refractivity contribution in [1.82, 2.24) is 0 Å². The summed E-state index contributed by atoms with van der Waals surface area (Å²) in [6.07, 6.45) is 15.9. The van der Waals surface area contributed by atoms with E-state index in [1.807, 2.05) is 0 Å². The van der Waals surface area contributed by atoms with Crippen LogP contribution < -0.4 is 0 Å². The molecule has 0 atom stereocenters. The van der Waals surface area contributed by atoms with Gasteiger partial charge in [0.25, 0.3) is 0 Å². The summed E-state index contributed by atoms with van der Waals surface area (Å²) >= 11 is 0. The van der Waals surface area contributed by atoms with Crippen molar-refractivity contribution in [2.45, 2.75) is 117 Å². The normalized spacial score (nSPS) is 11.0. The monoisotopic (exact) mass is 384 g/mol. The zero-order chi connectivity index (χ0) is 20.2. The van der Waals surface area contributed by atoms with Crippen LogP contribution in [0.4, 0.5) is 0 Å². The van der Waals surface area contributed by atoms with E-state index in [2.05, 4.69) is 20.8 Å². The smallest absolute Gasteiger partial charge is 0.305 e. The number of rotatable bonds is 19. The summed E-state index contributed by atoms with van der Waals surface area (Å²) in [4.78, 5) is 23.3. The molecule has 0 heterocycles. The van der Waals surface area contributed by atoms with Crippen molar-refractivity contribution in [3.8, 4) is 0 Å². The minimum Gasteiger partial charge on any atom is -0.466 e. The quantitative estimate of drug-likeness (QED) is 0.186. The summed E-state index contributed by atoms with van der Waals surface area (Å²) in [5, 5.41) is 0. The summed E-state index contributed by atoms with van der Waals surface area (Å²) in [6.45, 7) is 7.46. The third-order valence-corrected chi connectivity index (χ3v) is 5.16. The van der Waals surface area contributed by atoms with Crippen molar-refractivity contribution >= 4 is 11.9 Å². The van der Waals surface area contributed by atoms with Gasteiger partial charge in [0.05, 0.1) is 13.2 Å². The van der Waals surface area contributed by atoms with Crippen molar-refractivity contribution < 1.29 is 19.1 Å². The van der Waals surface area contributed by atoms with Gasteiger partial charge in [-0.2, -0.15) is 0 Å². The number of unbranched alkanes of at least 4 members (excludes halogenated alkanes) is 9. The van der Waals surface area contributed by atoms with Gasteiger partial charge >= 0.3 is 11.9 Å². The van der Waals surface area contributed by atoms with E-state index in [-0.39, 0.29) is 11.9 Å². The number of hydrogen-bond acceptors (Lipinski definition) is 4. The zero-order valence-electron chi connectivity index (χ0n) is 18.2. The van der Waals surface area contributed by atoms with Crippen LogP contribution in [0, 0.1) is 5.92 Å². The van der Waals surface area contributed by atoms with Gasteiger partial charge in [0.1, 0.15) is 0 Å². The lowest BCUT2D eigenvalue weighted by Crippen LogP contribution is -2.13. The van der Waals surface area contributed by atoms with Gasteiger partial charge in [-0.3, -0.25) is 9.59 Å². The molecule has 0 unspecified atom stereocenters. The van der Waals surface area contributed by atoms with Crippen molar-refractivity contribution in [2.24, 2.45) is 5.92 Å². The molecule has 0 amide bonds. The predicted molar refractivity (Wildman–Crippen MR) is 112 cm³/mol. The van der Waals surface area contributed by atoms with Gasteiger partial charge in [-0.1, -0.05) is 91.4 Å². The number of hydrogen-bond donors (Lipinski definition) is 0. The summed E-state index contributed by atoms with van der Waals surface area (Å²) in [6, 6.07) is 0. The van der Waals surface area contributed by atoms with Crippen LogP contribution in [0.5, 0.6) is 0 Å². The average molecular weight is 385 g/mol. The highest BCUT2D eigenvalue weighted by Crippen LogP contribution is 2.11. The van der Waals surface area contributed by atoms with E-state index in [0.717, 1.165) is 25.7 Å². The summed E-state index contributed by atoms with van der Waals surface area (Å²) < 4.78 is 10.5. The molecule has 0 aromatic heterocycles. The molecule has 0 radical (unpaired) electrons. The van der Waals surface area contributed by atoms with E-state index in [9.17, 15) is 9.59 Å². The Bertz CT molecular complexity index is 350. The Kier molecular flexibility index (Phi) is 18.9. The minimum absolute atomic E-state index is 0.196. The van der Waals surface area contributed by atoms with E-state index in [1.165, 1.54) is 51.4 Å². The van der Waals surface area contributed by atoms with Crippen molar-refractivity contribution in [3.05, 3.63) is 0 Å². The summed E-state index contributed by atoms with van der Waals surface area (Å²) in [5.41, 5.74) is 0. The number of carbonyl (C=O) groups excluding carboxylic acids is 2. The van der Waals surface area contributed by atoms with E-state index >= 15 is 0 Å². The first kappa shape index (κ1) is 25.9. The minimum atomic E-state index is -0.204. The van der Waals surface area contributed by atoms with Gasteiger partial charge in [0.15, 0.2) is 0 Å². The topological polar surface area (TPSA) is 52.6 Å². The van der Waals surface area contributed by atoms with Crippen LogP contribution >= 0.6 is 0 Å². The molecule has 0 aromatic rings. The lowest BCUT2D eigenvalue weighted by Gasteiger charge is -2.12. The van der Waals surface area contributed by atoms with Gasteiger partial charge < -0.3 is 9.47 Å². The molecule has 4 heteroatoms. The molecule has 0 aliphatic heterocycles. The second-order valence-corrected chi connectivity index (χ2v) is 7.62. The molecule has 27 heavy (non-hydrogen) atoms. The summed E-state index contributed by atoms with van der Waals surface area (Å²) in [7, 11) is 0. The molecular formula is C23H44O4. The number of ether oxygens (including phenoxy) is 2. The Morgan fingerprint density at radius 3 is 1.63 bits per heavy atom. The Morgan fingerprint density at radius 2 is 1.11 bits per heavy atom. The first-order valence-corrected chi connectivity index (χ1v) is 11.4. The summed E-state index contributed by atoms with van der Waals surface area (Å²) in [5.74, 6) is 0.0445. The lowest BCUT2D eigenvalue weighted by molar-refractivity contribution is -0.146. The molecule has 0 aliphatic carbocycles. The third kappa shape index (κ3) is 18.1. The molecule has 0 aromatic carbocycles. The SMILES string of the molecule is CCCCCCCCCCCCOC(=O)CCCC(=O)OCC(CC)CC. The largest absolute Gasteiger partial charge is 0.466 e.